The third kappa shape index (κ3) is 4.92. The maximum Gasteiger partial charge on any atom is 0.253 e. The summed E-state index contributed by atoms with van der Waals surface area (Å²) in [6.45, 7) is 1.81. The number of carbonyl (C=O) groups is 2. The molecule has 5 rings (SSSR count). The molecule has 0 spiro atoms. The highest BCUT2D eigenvalue weighted by molar-refractivity contribution is 5.95. The van der Waals surface area contributed by atoms with Gasteiger partial charge < -0.3 is 14.6 Å². The third-order valence-electron chi connectivity index (χ3n) is 6.60. The van der Waals surface area contributed by atoms with Crippen molar-refractivity contribution in [2.45, 2.75) is 25.3 Å². The van der Waals surface area contributed by atoms with E-state index >= 15 is 0 Å². The van der Waals surface area contributed by atoms with E-state index in [1.54, 1.807) is 30.5 Å². The van der Waals surface area contributed by atoms with Crippen LogP contribution in [0.1, 0.15) is 56.2 Å². The van der Waals surface area contributed by atoms with E-state index in [0.717, 1.165) is 24.1 Å². The third-order valence-corrected chi connectivity index (χ3v) is 6.60. The number of aromatic nitrogens is 2. The molecular weight excluding hydrogens is 438 g/mol. The fraction of sp³-hybridized carbons (Fsp3) is 0.214. The van der Waals surface area contributed by atoms with Crippen LogP contribution in [0.4, 0.5) is 0 Å². The van der Waals surface area contributed by atoms with Gasteiger partial charge in [-0.1, -0.05) is 12.1 Å². The minimum Gasteiger partial charge on any atom is -0.348 e. The van der Waals surface area contributed by atoms with Crippen molar-refractivity contribution < 1.29 is 9.59 Å². The van der Waals surface area contributed by atoms with Crippen LogP contribution in [0.3, 0.4) is 0 Å². The van der Waals surface area contributed by atoms with Crippen LogP contribution in [0.25, 0.3) is 5.65 Å². The number of nitrogens with one attached hydrogen (secondary N) is 1. The quantitative estimate of drug-likeness (QED) is 0.481. The monoisotopic (exact) mass is 463 g/mol. The molecule has 1 aliphatic rings. The van der Waals surface area contributed by atoms with E-state index in [0.29, 0.717) is 42.2 Å². The SMILES string of the molecule is N#Cc1ccc(C(=O)N2CCC(c3ccc(C(=O)NCc4ccn5ccnc5c4)cc3)CC2)cc1. The summed E-state index contributed by atoms with van der Waals surface area (Å²) in [6, 6.07) is 20.6. The number of piperidine rings is 1. The number of hydrogen-bond acceptors (Lipinski definition) is 4. The van der Waals surface area contributed by atoms with E-state index in [-0.39, 0.29) is 11.8 Å². The summed E-state index contributed by atoms with van der Waals surface area (Å²) < 4.78 is 1.93. The van der Waals surface area contributed by atoms with Gasteiger partial charge in [0.2, 0.25) is 0 Å². The lowest BCUT2D eigenvalue weighted by Crippen LogP contribution is -2.37. The zero-order valence-electron chi connectivity index (χ0n) is 19.2. The summed E-state index contributed by atoms with van der Waals surface area (Å²) in [5.74, 6) is 0.257. The molecule has 7 nitrogen and oxygen atoms in total. The van der Waals surface area contributed by atoms with Crippen LogP contribution in [0, 0.1) is 11.3 Å². The predicted octanol–water partition coefficient (Wildman–Crippen LogP) is 4.16. The van der Waals surface area contributed by atoms with E-state index in [1.807, 2.05) is 58.1 Å². The van der Waals surface area contributed by atoms with Gasteiger partial charge in [0.25, 0.3) is 11.8 Å². The van der Waals surface area contributed by atoms with Gasteiger partial charge in [0, 0.05) is 49.4 Å². The minimum absolute atomic E-state index is 0.00635. The molecule has 1 fully saturated rings. The molecule has 2 aromatic heterocycles. The summed E-state index contributed by atoms with van der Waals surface area (Å²) >= 11 is 0. The highest BCUT2D eigenvalue weighted by Crippen LogP contribution is 2.29. The van der Waals surface area contributed by atoms with Crippen LogP contribution in [-0.2, 0) is 6.54 Å². The molecule has 2 amide bonds. The normalized spacial score (nSPS) is 14.0. The number of nitriles is 1. The van der Waals surface area contributed by atoms with Gasteiger partial charge in [-0.05, 0) is 78.4 Å². The molecule has 1 N–H and O–H groups in total. The molecule has 0 atom stereocenters. The molecule has 174 valence electrons. The highest BCUT2D eigenvalue weighted by Gasteiger charge is 2.24. The first-order valence-corrected chi connectivity index (χ1v) is 11.7. The Bertz CT molecular complexity index is 1390. The van der Waals surface area contributed by atoms with Gasteiger partial charge in [0.15, 0.2) is 0 Å². The molecule has 3 heterocycles. The first kappa shape index (κ1) is 22.4. The number of benzene rings is 2. The molecular formula is C28H25N5O2. The Labute approximate surface area is 203 Å². The molecule has 1 saturated heterocycles. The van der Waals surface area contributed by atoms with Crippen molar-refractivity contribution >= 4 is 17.5 Å². The molecule has 0 radical (unpaired) electrons. The number of hydrogen-bond donors (Lipinski definition) is 1. The first-order valence-electron chi connectivity index (χ1n) is 11.7. The first-order chi connectivity index (χ1) is 17.1. The second-order valence-corrected chi connectivity index (χ2v) is 8.79. The van der Waals surface area contributed by atoms with Gasteiger partial charge in [-0.3, -0.25) is 9.59 Å². The average molecular weight is 464 g/mol. The largest absolute Gasteiger partial charge is 0.348 e. The fourth-order valence-corrected chi connectivity index (χ4v) is 4.54. The topological polar surface area (TPSA) is 90.5 Å². The van der Waals surface area contributed by atoms with Gasteiger partial charge in [-0.2, -0.15) is 5.26 Å². The predicted molar refractivity (Wildman–Crippen MR) is 132 cm³/mol. The fourth-order valence-electron chi connectivity index (χ4n) is 4.54. The Hall–Kier alpha value is -4.44. The van der Waals surface area contributed by atoms with Crippen molar-refractivity contribution in [3.8, 4) is 6.07 Å². The van der Waals surface area contributed by atoms with Crippen molar-refractivity contribution in [1.29, 1.82) is 5.26 Å². The van der Waals surface area contributed by atoms with E-state index < -0.39 is 0 Å². The number of imidazole rings is 1. The van der Waals surface area contributed by atoms with Gasteiger partial charge >= 0.3 is 0 Å². The van der Waals surface area contributed by atoms with Crippen molar-refractivity contribution in [1.82, 2.24) is 19.6 Å². The number of carbonyl (C=O) groups excluding carboxylic acids is 2. The number of likely N-dealkylation sites (tertiary alicyclic amines) is 1. The second kappa shape index (κ2) is 9.82. The Morgan fingerprint density at radius 2 is 1.69 bits per heavy atom. The number of pyridine rings is 1. The zero-order chi connectivity index (χ0) is 24.2. The van der Waals surface area contributed by atoms with Gasteiger partial charge in [-0.25, -0.2) is 4.98 Å². The lowest BCUT2D eigenvalue weighted by atomic mass is 9.88. The van der Waals surface area contributed by atoms with E-state index in [1.165, 1.54) is 5.56 Å². The van der Waals surface area contributed by atoms with E-state index in [9.17, 15) is 9.59 Å². The Balaban J connectivity index is 1.14. The number of amides is 2. The van der Waals surface area contributed by atoms with E-state index in [2.05, 4.69) is 16.4 Å². The van der Waals surface area contributed by atoms with E-state index in [4.69, 9.17) is 5.26 Å². The number of rotatable bonds is 5. The van der Waals surface area contributed by atoms with Crippen molar-refractivity contribution in [3.63, 3.8) is 0 Å². The van der Waals surface area contributed by atoms with Crippen LogP contribution in [-0.4, -0.2) is 39.2 Å². The Morgan fingerprint density at radius 1 is 0.971 bits per heavy atom. The highest BCUT2D eigenvalue weighted by atomic mass is 16.2. The van der Waals surface area contributed by atoms with Crippen molar-refractivity contribution in [3.05, 3.63) is 107 Å². The molecule has 0 bridgehead atoms. The van der Waals surface area contributed by atoms with Crippen molar-refractivity contribution in [2.75, 3.05) is 13.1 Å². The molecule has 35 heavy (non-hydrogen) atoms. The summed E-state index contributed by atoms with van der Waals surface area (Å²) in [5, 5.41) is 11.9. The smallest absolute Gasteiger partial charge is 0.253 e. The van der Waals surface area contributed by atoms with Crippen LogP contribution in [0.5, 0.6) is 0 Å². The summed E-state index contributed by atoms with van der Waals surface area (Å²) in [7, 11) is 0. The Morgan fingerprint density at radius 3 is 2.40 bits per heavy atom. The van der Waals surface area contributed by atoms with Gasteiger partial charge in [0.1, 0.15) is 5.65 Å². The molecule has 1 aliphatic heterocycles. The molecule has 0 unspecified atom stereocenters. The molecule has 2 aromatic carbocycles. The van der Waals surface area contributed by atoms with Gasteiger partial charge in [0.05, 0.1) is 11.6 Å². The van der Waals surface area contributed by atoms with Crippen LogP contribution >= 0.6 is 0 Å². The lowest BCUT2D eigenvalue weighted by Gasteiger charge is -2.32. The molecule has 0 aliphatic carbocycles. The summed E-state index contributed by atoms with van der Waals surface area (Å²) in [5.41, 5.74) is 4.83. The Kier molecular flexibility index (Phi) is 6.27. The second-order valence-electron chi connectivity index (χ2n) is 8.79. The van der Waals surface area contributed by atoms with Crippen LogP contribution < -0.4 is 5.32 Å². The van der Waals surface area contributed by atoms with Crippen molar-refractivity contribution in [2.24, 2.45) is 0 Å². The minimum atomic E-state index is -0.109. The average Bonchev–Trinajstić information content (AvgIpc) is 3.39. The maximum atomic E-state index is 12.8. The number of nitrogens with zero attached hydrogens (tertiary/aromatic N) is 4. The summed E-state index contributed by atoms with van der Waals surface area (Å²) in [6.07, 6.45) is 7.32. The van der Waals surface area contributed by atoms with Crippen LogP contribution in [0.2, 0.25) is 0 Å². The molecule has 7 heteroatoms. The summed E-state index contributed by atoms with van der Waals surface area (Å²) in [4.78, 5) is 31.5. The molecule has 0 saturated carbocycles. The zero-order valence-corrected chi connectivity index (χ0v) is 19.2. The maximum absolute atomic E-state index is 12.8. The standard InChI is InChI=1S/C28H25N5O2/c29-18-20-1-3-25(4-2-20)28(35)33-14-10-23(11-15-33)22-5-7-24(8-6-22)27(34)31-19-21-9-13-32-16-12-30-26(32)17-21/h1-9,12-13,16-17,23H,10-11,14-15,19H2,(H,31,34). The number of fused-ring (bicyclic) bond motifs is 1. The van der Waals surface area contributed by atoms with Crippen LogP contribution in [0.15, 0.2) is 79.3 Å². The van der Waals surface area contributed by atoms with Gasteiger partial charge in [-0.15, -0.1) is 0 Å². The lowest BCUT2D eigenvalue weighted by molar-refractivity contribution is 0.0712. The molecule has 4 aromatic rings.